The minimum Gasteiger partial charge on any atom is -0.497 e. The lowest BCUT2D eigenvalue weighted by Gasteiger charge is -2.37. The van der Waals surface area contributed by atoms with Gasteiger partial charge in [-0.3, -0.25) is 9.36 Å². The van der Waals surface area contributed by atoms with Crippen molar-refractivity contribution in [3.05, 3.63) is 143 Å². The van der Waals surface area contributed by atoms with Gasteiger partial charge in [0.25, 0.3) is 5.91 Å². The number of carbonyl (C=O) groups is 1. The minimum absolute atomic E-state index is 0.0331. The fourth-order valence-corrected chi connectivity index (χ4v) is 6.44. The molecule has 12 heteroatoms. The first-order chi connectivity index (χ1) is 24.4. The number of nitrogens with zero attached hydrogens (tertiary/aromatic N) is 4. The third-order valence-electron chi connectivity index (χ3n) is 8.81. The largest absolute Gasteiger partial charge is 0.497 e. The molecule has 1 aliphatic rings. The molecular weight excluding hydrogens is 658 g/mol. The molecule has 0 saturated carbocycles. The highest BCUT2D eigenvalue weighted by Crippen LogP contribution is 2.43. The van der Waals surface area contributed by atoms with E-state index in [1.807, 2.05) is 84.9 Å². The van der Waals surface area contributed by atoms with E-state index >= 15 is 0 Å². The summed E-state index contributed by atoms with van der Waals surface area (Å²) in [7, 11) is 3.25. The number of nitrogens with one attached hydrogen (secondary N) is 1. The van der Waals surface area contributed by atoms with Gasteiger partial charge < -0.3 is 29.4 Å². The average molecular weight is 692 g/mol. The Morgan fingerprint density at radius 3 is 2.06 bits per heavy atom. The molecule has 3 heterocycles. The van der Waals surface area contributed by atoms with E-state index in [-0.39, 0.29) is 30.0 Å². The van der Waals surface area contributed by atoms with E-state index in [9.17, 15) is 9.90 Å². The molecule has 6 aromatic rings. The number of hydrogen-bond donors (Lipinski definition) is 2. The van der Waals surface area contributed by atoms with Gasteiger partial charge in [-0.1, -0.05) is 72.8 Å². The lowest BCUT2D eigenvalue weighted by atomic mass is 9.80. The highest BCUT2D eigenvalue weighted by Gasteiger charge is 2.42. The van der Waals surface area contributed by atoms with Crippen molar-refractivity contribution in [2.24, 2.45) is 0 Å². The summed E-state index contributed by atoms with van der Waals surface area (Å²) in [6, 6.07) is 34.1. The van der Waals surface area contributed by atoms with Crippen molar-refractivity contribution in [2.45, 2.75) is 30.5 Å². The number of halogens is 1. The predicted octanol–water partition coefficient (Wildman–Crippen LogP) is 6.41. The zero-order valence-corrected chi connectivity index (χ0v) is 28.0. The summed E-state index contributed by atoms with van der Waals surface area (Å²) in [6.07, 6.45) is -0.479. The molecule has 1 fully saturated rings. The highest BCUT2D eigenvalue weighted by atomic mass is 35.5. The third kappa shape index (κ3) is 6.39. The Labute approximate surface area is 293 Å². The van der Waals surface area contributed by atoms with Crippen molar-refractivity contribution in [2.75, 3.05) is 26.1 Å². The molecule has 4 aromatic carbocycles. The fourth-order valence-electron chi connectivity index (χ4n) is 6.27. The van der Waals surface area contributed by atoms with Crippen LogP contribution in [0.4, 0.5) is 5.82 Å². The second-order valence-corrected chi connectivity index (χ2v) is 12.1. The average Bonchev–Trinajstić information content (AvgIpc) is 3.76. The number of aromatic nitrogens is 4. The molecule has 0 bridgehead atoms. The first kappa shape index (κ1) is 33.2. The normalized spacial score (nSPS) is 17.5. The number of anilines is 1. The molecule has 1 saturated heterocycles. The summed E-state index contributed by atoms with van der Waals surface area (Å²) >= 11 is 6.32. The van der Waals surface area contributed by atoms with Crippen LogP contribution in [0.5, 0.6) is 11.5 Å². The summed E-state index contributed by atoms with van der Waals surface area (Å²) in [6.45, 7) is 0.0331. The second kappa shape index (κ2) is 14.3. The Kier molecular flexibility index (Phi) is 9.46. The maximum Gasteiger partial charge on any atom is 0.256 e. The molecule has 254 valence electrons. The molecule has 1 amide bonds. The van der Waals surface area contributed by atoms with Crippen molar-refractivity contribution >= 4 is 34.5 Å². The van der Waals surface area contributed by atoms with Crippen LogP contribution >= 0.6 is 11.6 Å². The molecule has 0 spiro atoms. The monoisotopic (exact) mass is 691 g/mol. The van der Waals surface area contributed by atoms with E-state index in [2.05, 4.69) is 20.3 Å². The molecule has 11 nitrogen and oxygen atoms in total. The van der Waals surface area contributed by atoms with Crippen molar-refractivity contribution in [3.8, 4) is 11.5 Å². The summed E-state index contributed by atoms with van der Waals surface area (Å²) in [5, 5.41) is 14.1. The Bertz CT molecular complexity index is 2030. The van der Waals surface area contributed by atoms with Gasteiger partial charge in [0.1, 0.15) is 29.4 Å². The van der Waals surface area contributed by atoms with Gasteiger partial charge in [0.2, 0.25) is 5.28 Å². The van der Waals surface area contributed by atoms with E-state index in [0.717, 1.165) is 16.7 Å². The number of benzene rings is 4. The van der Waals surface area contributed by atoms with Crippen LogP contribution in [0.1, 0.15) is 39.7 Å². The molecule has 1 aliphatic heterocycles. The zero-order chi connectivity index (χ0) is 34.7. The van der Waals surface area contributed by atoms with Crippen molar-refractivity contribution < 1.29 is 28.8 Å². The van der Waals surface area contributed by atoms with Crippen LogP contribution in [0.25, 0.3) is 11.2 Å². The highest BCUT2D eigenvalue weighted by molar-refractivity contribution is 6.29. The Hall–Kier alpha value is -5.33. The first-order valence-corrected chi connectivity index (χ1v) is 16.4. The Balaban J connectivity index is 1.19. The molecule has 0 radical (unpaired) electrons. The summed E-state index contributed by atoms with van der Waals surface area (Å²) in [5.41, 5.74) is 2.65. The smallest absolute Gasteiger partial charge is 0.256 e. The van der Waals surface area contributed by atoms with Crippen LogP contribution < -0.4 is 14.8 Å². The molecule has 7 rings (SSSR count). The van der Waals surface area contributed by atoms with E-state index < -0.39 is 24.0 Å². The number of carbonyl (C=O) groups excluding carboxylic acids is 1. The number of ether oxygens (including phenoxy) is 4. The van der Waals surface area contributed by atoms with Crippen LogP contribution in [-0.4, -0.2) is 63.6 Å². The van der Waals surface area contributed by atoms with Crippen LogP contribution in [-0.2, 0) is 15.1 Å². The standard InChI is InChI=1S/C38H34ClN5O6/c1-47-28-17-13-26(14-18-28)38(25-11-7-4-8-12-25,27-15-19-29(48-2)20-16-27)49-22-31-30(45)21-32(50-31)44-23-40-33-34(42-37(39)43-35(33)44)41-36(46)24-9-5-3-6-10-24/h3-20,23,30-32,45H,21-22H2,1-2H3,(H,41,42,43,46)/t30-,31+,32+/m0/s1. The zero-order valence-electron chi connectivity index (χ0n) is 27.3. The lowest BCUT2D eigenvalue weighted by molar-refractivity contribution is -0.0931. The van der Waals surface area contributed by atoms with Gasteiger partial charge in [-0.25, -0.2) is 4.98 Å². The fraction of sp³-hybridized carbons (Fsp3) is 0.211. The van der Waals surface area contributed by atoms with Gasteiger partial charge in [-0.2, -0.15) is 9.97 Å². The first-order valence-electron chi connectivity index (χ1n) is 16.0. The number of imidazole rings is 1. The van der Waals surface area contributed by atoms with E-state index in [1.54, 1.807) is 43.1 Å². The number of amides is 1. The molecule has 2 aromatic heterocycles. The van der Waals surface area contributed by atoms with Crippen LogP contribution in [0, 0.1) is 0 Å². The molecule has 0 aliphatic carbocycles. The number of methoxy groups -OCH3 is 2. The number of hydrogen-bond acceptors (Lipinski definition) is 9. The van der Waals surface area contributed by atoms with Crippen molar-refractivity contribution in [1.82, 2.24) is 19.5 Å². The van der Waals surface area contributed by atoms with Gasteiger partial charge in [0, 0.05) is 12.0 Å². The van der Waals surface area contributed by atoms with Gasteiger partial charge in [-0.15, -0.1) is 0 Å². The summed E-state index contributed by atoms with van der Waals surface area (Å²) in [5.74, 6) is 1.22. The summed E-state index contributed by atoms with van der Waals surface area (Å²) < 4.78 is 26.0. The maximum absolute atomic E-state index is 12.9. The van der Waals surface area contributed by atoms with Crippen LogP contribution in [0.15, 0.2) is 116 Å². The second-order valence-electron chi connectivity index (χ2n) is 11.7. The number of rotatable bonds is 11. The van der Waals surface area contributed by atoms with Crippen molar-refractivity contribution in [3.63, 3.8) is 0 Å². The molecular formula is C38H34ClN5O6. The quantitative estimate of drug-likeness (QED) is 0.117. The maximum atomic E-state index is 12.9. The number of aliphatic hydroxyl groups excluding tert-OH is 1. The minimum atomic E-state index is -1.09. The number of aliphatic hydroxyl groups is 1. The van der Waals surface area contributed by atoms with Gasteiger partial charge in [0.15, 0.2) is 17.0 Å². The van der Waals surface area contributed by atoms with Gasteiger partial charge >= 0.3 is 0 Å². The Morgan fingerprint density at radius 1 is 0.880 bits per heavy atom. The topological polar surface area (TPSA) is 130 Å². The molecule has 50 heavy (non-hydrogen) atoms. The van der Waals surface area contributed by atoms with E-state index in [1.165, 1.54) is 6.33 Å². The third-order valence-corrected chi connectivity index (χ3v) is 8.98. The molecule has 2 N–H and O–H groups in total. The summed E-state index contributed by atoms with van der Waals surface area (Å²) in [4.78, 5) is 26.0. The number of fused-ring (bicyclic) bond motifs is 1. The van der Waals surface area contributed by atoms with Gasteiger partial charge in [0.05, 0.1) is 33.3 Å². The van der Waals surface area contributed by atoms with Crippen LogP contribution in [0.3, 0.4) is 0 Å². The predicted molar refractivity (Wildman–Crippen MR) is 188 cm³/mol. The Morgan fingerprint density at radius 2 is 1.46 bits per heavy atom. The lowest BCUT2D eigenvalue weighted by Crippen LogP contribution is -2.38. The van der Waals surface area contributed by atoms with Gasteiger partial charge in [-0.05, 0) is 64.7 Å². The van der Waals surface area contributed by atoms with Crippen molar-refractivity contribution in [1.29, 1.82) is 0 Å². The van der Waals surface area contributed by atoms with Crippen LogP contribution in [0.2, 0.25) is 5.28 Å². The molecule has 0 unspecified atom stereocenters. The molecule has 3 atom stereocenters. The van der Waals surface area contributed by atoms with E-state index in [0.29, 0.717) is 28.2 Å². The van der Waals surface area contributed by atoms with E-state index in [4.69, 9.17) is 30.5 Å². The SMILES string of the molecule is COc1ccc(C(OC[C@H]2O[C@@H](n3cnc4c(NC(=O)c5ccccc5)nc(Cl)nc43)C[C@@H]2O)(c2ccccc2)c2ccc(OC)cc2)cc1.